The van der Waals surface area contributed by atoms with Crippen LogP contribution in [0.3, 0.4) is 0 Å². The topological polar surface area (TPSA) is 60.5 Å². The molecule has 5 nitrogen and oxygen atoms in total. The number of rotatable bonds is 7. The average Bonchev–Trinajstić information content (AvgIpc) is 2.39. The van der Waals surface area contributed by atoms with Gasteiger partial charge in [-0.25, -0.2) is 9.78 Å². The molecule has 100 valence electrons. The number of aromatic nitrogens is 1. The van der Waals surface area contributed by atoms with E-state index in [-0.39, 0.29) is 5.69 Å². The number of esters is 1. The summed E-state index contributed by atoms with van der Waals surface area (Å²) in [6.07, 6.45) is 1.96. The van der Waals surface area contributed by atoms with E-state index in [0.29, 0.717) is 12.4 Å². The maximum atomic E-state index is 11.5. The Balaban J connectivity index is 2.61. The molecular formula is C13H20N2O3. The molecule has 0 unspecified atom stereocenters. The monoisotopic (exact) mass is 252 g/mol. The van der Waals surface area contributed by atoms with E-state index in [1.165, 1.54) is 7.11 Å². The Morgan fingerprint density at radius 1 is 1.39 bits per heavy atom. The summed E-state index contributed by atoms with van der Waals surface area (Å²) in [4.78, 5) is 15.7. The summed E-state index contributed by atoms with van der Waals surface area (Å²) in [5, 5.41) is 3.07. The molecule has 1 N–H and O–H groups in total. The molecule has 0 amide bonds. The molecule has 0 fully saturated rings. The number of carbonyl (C=O) groups excluding carboxylic acids is 1. The van der Waals surface area contributed by atoms with Crippen LogP contribution >= 0.6 is 0 Å². The highest BCUT2D eigenvalue weighted by atomic mass is 16.5. The number of methoxy groups -OCH3 is 1. The largest absolute Gasteiger partial charge is 0.491 e. The molecule has 0 spiro atoms. The van der Waals surface area contributed by atoms with Crippen molar-refractivity contribution in [2.75, 3.05) is 27.3 Å². The van der Waals surface area contributed by atoms with Crippen LogP contribution in [0.15, 0.2) is 12.1 Å². The lowest BCUT2D eigenvalue weighted by atomic mass is 10.3. The third-order valence-corrected chi connectivity index (χ3v) is 2.45. The van der Waals surface area contributed by atoms with Gasteiger partial charge in [-0.3, -0.25) is 0 Å². The zero-order valence-corrected chi connectivity index (χ0v) is 11.2. The van der Waals surface area contributed by atoms with Crippen LogP contribution in [0, 0.1) is 6.92 Å². The summed E-state index contributed by atoms with van der Waals surface area (Å²) < 4.78 is 10.3. The van der Waals surface area contributed by atoms with Crippen molar-refractivity contribution in [1.82, 2.24) is 10.3 Å². The van der Waals surface area contributed by atoms with Gasteiger partial charge in [-0.15, -0.1) is 0 Å². The SMILES string of the molecule is CNCCCCOc1ccc(C)nc1C(=O)OC. The molecule has 0 bridgehead atoms. The number of aryl methyl sites for hydroxylation is 1. The van der Waals surface area contributed by atoms with Gasteiger partial charge in [0.2, 0.25) is 0 Å². The highest BCUT2D eigenvalue weighted by Crippen LogP contribution is 2.18. The van der Waals surface area contributed by atoms with Gasteiger partial charge in [0.05, 0.1) is 13.7 Å². The Kier molecular flexibility index (Phi) is 6.14. The number of carbonyl (C=O) groups is 1. The lowest BCUT2D eigenvalue weighted by Crippen LogP contribution is -2.11. The van der Waals surface area contributed by atoms with Crippen LogP contribution in [0.25, 0.3) is 0 Å². The average molecular weight is 252 g/mol. The predicted octanol–water partition coefficient (Wildman–Crippen LogP) is 1.56. The molecule has 18 heavy (non-hydrogen) atoms. The van der Waals surface area contributed by atoms with Crippen LogP contribution in [0.4, 0.5) is 0 Å². The fourth-order valence-electron chi connectivity index (χ4n) is 1.49. The van der Waals surface area contributed by atoms with E-state index in [2.05, 4.69) is 15.0 Å². The quantitative estimate of drug-likeness (QED) is 0.589. The van der Waals surface area contributed by atoms with Gasteiger partial charge in [-0.05, 0) is 45.5 Å². The summed E-state index contributed by atoms with van der Waals surface area (Å²) in [5.41, 5.74) is 1.00. The molecule has 1 heterocycles. The van der Waals surface area contributed by atoms with E-state index < -0.39 is 5.97 Å². The second-order valence-corrected chi connectivity index (χ2v) is 3.95. The lowest BCUT2D eigenvalue weighted by Gasteiger charge is -2.10. The molecule has 1 aromatic rings. The first kappa shape index (κ1) is 14.4. The van der Waals surface area contributed by atoms with Crippen LogP contribution < -0.4 is 10.1 Å². The van der Waals surface area contributed by atoms with E-state index in [1.807, 2.05) is 20.0 Å². The van der Waals surface area contributed by atoms with Gasteiger partial charge in [0.25, 0.3) is 0 Å². The maximum Gasteiger partial charge on any atom is 0.360 e. The van der Waals surface area contributed by atoms with Gasteiger partial charge in [0, 0.05) is 5.69 Å². The third-order valence-electron chi connectivity index (χ3n) is 2.45. The molecule has 0 aliphatic rings. The Labute approximate surface area is 108 Å². The van der Waals surface area contributed by atoms with Crippen LogP contribution in [-0.2, 0) is 4.74 Å². The Morgan fingerprint density at radius 2 is 2.17 bits per heavy atom. The van der Waals surface area contributed by atoms with E-state index in [0.717, 1.165) is 25.1 Å². The van der Waals surface area contributed by atoms with Crippen molar-refractivity contribution in [2.24, 2.45) is 0 Å². The van der Waals surface area contributed by atoms with Crippen LogP contribution in [0.5, 0.6) is 5.75 Å². The first-order chi connectivity index (χ1) is 8.69. The van der Waals surface area contributed by atoms with Gasteiger partial charge in [-0.2, -0.15) is 0 Å². The van der Waals surface area contributed by atoms with Gasteiger partial charge in [0.1, 0.15) is 0 Å². The Bertz CT molecular complexity index is 394. The lowest BCUT2D eigenvalue weighted by molar-refractivity contribution is 0.0588. The maximum absolute atomic E-state index is 11.5. The molecule has 1 aromatic heterocycles. The van der Waals surface area contributed by atoms with Crippen molar-refractivity contribution < 1.29 is 14.3 Å². The van der Waals surface area contributed by atoms with Crippen LogP contribution in [0.1, 0.15) is 29.0 Å². The number of pyridine rings is 1. The molecule has 0 radical (unpaired) electrons. The molecule has 0 aliphatic heterocycles. The zero-order chi connectivity index (χ0) is 13.4. The van der Waals surface area contributed by atoms with Crippen molar-refractivity contribution in [1.29, 1.82) is 0 Å². The first-order valence-electron chi connectivity index (χ1n) is 6.02. The zero-order valence-electron chi connectivity index (χ0n) is 11.2. The number of ether oxygens (including phenoxy) is 2. The first-order valence-corrected chi connectivity index (χ1v) is 6.02. The van der Waals surface area contributed by atoms with Crippen LogP contribution in [-0.4, -0.2) is 38.3 Å². The number of hydrogen-bond donors (Lipinski definition) is 1. The Hall–Kier alpha value is -1.62. The predicted molar refractivity (Wildman–Crippen MR) is 69.0 cm³/mol. The molecule has 0 saturated heterocycles. The van der Waals surface area contributed by atoms with Crippen molar-refractivity contribution in [2.45, 2.75) is 19.8 Å². The molecule has 1 rings (SSSR count). The molecule has 0 aromatic carbocycles. The van der Waals surface area contributed by atoms with Gasteiger partial charge < -0.3 is 14.8 Å². The van der Waals surface area contributed by atoms with E-state index in [4.69, 9.17) is 4.74 Å². The molecule has 0 atom stereocenters. The van der Waals surface area contributed by atoms with Crippen molar-refractivity contribution >= 4 is 5.97 Å². The van der Waals surface area contributed by atoms with E-state index >= 15 is 0 Å². The highest BCUT2D eigenvalue weighted by Gasteiger charge is 2.15. The fourth-order valence-corrected chi connectivity index (χ4v) is 1.49. The highest BCUT2D eigenvalue weighted by molar-refractivity contribution is 5.90. The number of nitrogens with zero attached hydrogens (tertiary/aromatic N) is 1. The van der Waals surface area contributed by atoms with Crippen molar-refractivity contribution in [3.05, 3.63) is 23.5 Å². The van der Waals surface area contributed by atoms with Crippen molar-refractivity contribution in [3.63, 3.8) is 0 Å². The molecule has 5 heteroatoms. The summed E-state index contributed by atoms with van der Waals surface area (Å²) in [5.74, 6) is 0.0147. The minimum Gasteiger partial charge on any atom is -0.491 e. The molecule has 0 aliphatic carbocycles. The standard InChI is InChI=1S/C13H20N2O3/c1-10-6-7-11(12(15-10)13(16)17-3)18-9-5-4-8-14-2/h6-7,14H,4-5,8-9H2,1-3H3. The number of nitrogens with one attached hydrogen (secondary N) is 1. The van der Waals surface area contributed by atoms with Crippen molar-refractivity contribution in [3.8, 4) is 5.75 Å². The summed E-state index contributed by atoms with van der Waals surface area (Å²) in [7, 11) is 3.25. The normalized spacial score (nSPS) is 10.2. The number of unbranched alkanes of at least 4 members (excludes halogenated alkanes) is 1. The number of hydrogen-bond acceptors (Lipinski definition) is 5. The minimum absolute atomic E-state index is 0.242. The fraction of sp³-hybridized carbons (Fsp3) is 0.538. The van der Waals surface area contributed by atoms with E-state index in [9.17, 15) is 4.79 Å². The summed E-state index contributed by atoms with van der Waals surface area (Å²) >= 11 is 0. The third kappa shape index (κ3) is 4.33. The van der Waals surface area contributed by atoms with Gasteiger partial charge in [-0.1, -0.05) is 0 Å². The molecule has 0 saturated carbocycles. The minimum atomic E-state index is -0.469. The van der Waals surface area contributed by atoms with E-state index in [1.54, 1.807) is 6.07 Å². The van der Waals surface area contributed by atoms with Crippen LogP contribution in [0.2, 0.25) is 0 Å². The molecular weight excluding hydrogens is 232 g/mol. The second-order valence-electron chi connectivity index (χ2n) is 3.95. The summed E-state index contributed by atoms with van der Waals surface area (Å²) in [6, 6.07) is 3.57. The van der Waals surface area contributed by atoms with Gasteiger partial charge in [0.15, 0.2) is 11.4 Å². The summed E-state index contributed by atoms with van der Waals surface area (Å²) in [6.45, 7) is 3.35. The Morgan fingerprint density at radius 3 is 2.83 bits per heavy atom. The second kappa shape index (κ2) is 7.66. The van der Waals surface area contributed by atoms with Gasteiger partial charge >= 0.3 is 5.97 Å². The smallest absolute Gasteiger partial charge is 0.360 e.